The zero-order valence-corrected chi connectivity index (χ0v) is 18.3. The van der Waals surface area contributed by atoms with Gasteiger partial charge in [0.25, 0.3) is 0 Å². The number of piperidine rings is 2. The van der Waals surface area contributed by atoms with Crippen LogP contribution in [0.15, 0.2) is 41.8 Å². The van der Waals surface area contributed by atoms with E-state index in [0.717, 1.165) is 29.0 Å². The van der Waals surface area contributed by atoms with Crippen LogP contribution < -0.4 is 10.6 Å². The molecule has 2 amide bonds. The third kappa shape index (κ3) is 4.49. The predicted octanol–water partition coefficient (Wildman–Crippen LogP) is 3.91. The molecule has 2 N–H and O–H groups in total. The molecule has 2 aliphatic rings. The summed E-state index contributed by atoms with van der Waals surface area (Å²) in [5, 5.41) is 2.02. The number of rotatable bonds is 3. The number of likely N-dealkylation sites (tertiary alicyclic amines) is 1. The van der Waals surface area contributed by atoms with Crippen molar-refractivity contribution in [1.82, 2.24) is 4.90 Å². The van der Waals surface area contributed by atoms with Crippen molar-refractivity contribution in [3.63, 3.8) is 0 Å². The van der Waals surface area contributed by atoms with Gasteiger partial charge in [0, 0.05) is 36.1 Å². The van der Waals surface area contributed by atoms with Gasteiger partial charge in [0.05, 0.1) is 12.0 Å². The molecule has 2 atom stereocenters. The molecule has 0 radical (unpaired) electrons. The van der Waals surface area contributed by atoms with Gasteiger partial charge in [-0.2, -0.15) is 0 Å². The van der Waals surface area contributed by atoms with Crippen LogP contribution in [0.2, 0.25) is 0 Å². The molecule has 156 valence electrons. The predicted molar refractivity (Wildman–Crippen MR) is 119 cm³/mol. The van der Waals surface area contributed by atoms with Crippen molar-refractivity contribution in [3.8, 4) is 0 Å². The van der Waals surface area contributed by atoms with Crippen molar-refractivity contribution >= 4 is 41.2 Å². The lowest BCUT2D eigenvalue weighted by Gasteiger charge is -2.42. The van der Waals surface area contributed by atoms with Gasteiger partial charge in [-0.05, 0) is 49.8 Å². The van der Waals surface area contributed by atoms with Crippen molar-refractivity contribution in [2.24, 2.45) is 11.7 Å². The Hall–Kier alpha value is -1.89. The molecule has 1 aromatic carbocycles. The number of aryl methyl sites for hydroxylation is 1. The van der Waals surface area contributed by atoms with Gasteiger partial charge in [0.15, 0.2) is 0 Å². The number of nitrogens with zero attached hydrogens (tertiary/aromatic N) is 2. The fraction of sp³-hybridized carbons (Fsp3) is 0.455. The molecule has 0 saturated carbocycles. The van der Waals surface area contributed by atoms with E-state index in [2.05, 4.69) is 0 Å². The Morgan fingerprint density at radius 1 is 1.10 bits per heavy atom. The SMILES string of the molecule is Cc1ccc(N2C(=O)CCC(C(=O)N3CCC(N)CC3)C2c2cccs2)cc1.Cl. The van der Waals surface area contributed by atoms with Crippen molar-refractivity contribution < 1.29 is 9.59 Å². The molecule has 2 saturated heterocycles. The molecule has 0 spiro atoms. The van der Waals surface area contributed by atoms with E-state index >= 15 is 0 Å². The maximum Gasteiger partial charge on any atom is 0.228 e. The molecule has 2 fully saturated rings. The summed E-state index contributed by atoms with van der Waals surface area (Å²) in [5.41, 5.74) is 8.04. The summed E-state index contributed by atoms with van der Waals surface area (Å²) in [6.45, 7) is 3.46. The van der Waals surface area contributed by atoms with Crippen LogP contribution in [0.5, 0.6) is 0 Å². The zero-order valence-electron chi connectivity index (χ0n) is 16.6. The molecule has 2 aliphatic heterocycles. The van der Waals surface area contributed by atoms with Crippen molar-refractivity contribution in [2.45, 2.75) is 44.7 Å². The molecular weight excluding hydrogens is 406 g/mol. The van der Waals surface area contributed by atoms with Crippen molar-refractivity contribution in [3.05, 3.63) is 52.2 Å². The maximum atomic E-state index is 13.5. The Kier molecular flexibility index (Phi) is 6.98. The molecule has 7 heteroatoms. The molecule has 2 aromatic rings. The van der Waals surface area contributed by atoms with Crippen molar-refractivity contribution in [1.29, 1.82) is 0 Å². The second-order valence-electron chi connectivity index (χ2n) is 7.87. The highest BCUT2D eigenvalue weighted by atomic mass is 35.5. The van der Waals surface area contributed by atoms with Crippen LogP contribution in [0, 0.1) is 12.8 Å². The van der Waals surface area contributed by atoms with E-state index in [1.165, 1.54) is 0 Å². The van der Waals surface area contributed by atoms with Gasteiger partial charge >= 0.3 is 0 Å². The highest BCUT2D eigenvalue weighted by molar-refractivity contribution is 7.10. The fourth-order valence-electron chi connectivity index (χ4n) is 4.30. The topological polar surface area (TPSA) is 66.6 Å². The summed E-state index contributed by atoms with van der Waals surface area (Å²) >= 11 is 1.62. The first kappa shape index (κ1) is 21.8. The first-order chi connectivity index (χ1) is 13.5. The number of anilines is 1. The number of nitrogens with two attached hydrogens (primary N) is 1. The van der Waals surface area contributed by atoms with E-state index in [1.54, 1.807) is 11.3 Å². The number of thiophene rings is 1. The number of hydrogen-bond acceptors (Lipinski definition) is 4. The minimum atomic E-state index is -0.243. The number of hydrogen-bond donors (Lipinski definition) is 1. The molecule has 0 bridgehead atoms. The zero-order chi connectivity index (χ0) is 19.7. The Balaban J connectivity index is 0.00000240. The highest BCUT2D eigenvalue weighted by Crippen LogP contribution is 2.42. The van der Waals surface area contributed by atoms with Crippen LogP contribution in [-0.2, 0) is 9.59 Å². The molecule has 1 aromatic heterocycles. The van der Waals surface area contributed by atoms with Gasteiger partial charge in [0.2, 0.25) is 11.8 Å². The first-order valence-electron chi connectivity index (χ1n) is 10.0. The van der Waals surface area contributed by atoms with E-state index in [1.807, 2.05) is 58.5 Å². The Morgan fingerprint density at radius 3 is 2.41 bits per heavy atom. The number of carbonyl (C=O) groups excluding carboxylic acids is 2. The standard InChI is InChI=1S/C22H27N3O2S.ClH/c1-15-4-6-17(7-5-15)25-20(26)9-8-18(21(25)19-3-2-14-28-19)22(27)24-12-10-16(23)11-13-24;/h2-7,14,16,18,21H,8-13,23H2,1H3;1H. The van der Waals surface area contributed by atoms with E-state index in [4.69, 9.17) is 5.73 Å². The molecule has 0 aliphatic carbocycles. The van der Waals surface area contributed by atoms with Crippen LogP contribution in [0.1, 0.15) is 42.2 Å². The van der Waals surface area contributed by atoms with Crippen LogP contribution >= 0.6 is 23.7 Å². The molecule has 4 rings (SSSR count). The summed E-state index contributed by atoms with van der Waals surface area (Å²) in [4.78, 5) is 31.3. The summed E-state index contributed by atoms with van der Waals surface area (Å²) in [5.74, 6) is 0.0360. The minimum absolute atomic E-state index is 0. The summed E-state index contributed by atoms with van der Waals surface area (Å²) in [6, 6.07) is 12.0. The Labute approximate surface area is 182 Å². The molecule has 29 heavy (non-hydrogen) atoms. The largest absolute Gasteiger partial charge is 0.342 e. The van der Waals surface area contributed by atoms with Crippen LogP contribution in [-0.4, -0.2) is 35.8 Å². The van der Waals surface area contributed by atoms with Gasteiger partial charge in [-0.1, -0.05) is 23.8 Å². The Morgan fingerprint density at radius 2 is 1.79 bits per heavy atom. The third-order valence-electron chi connectivity index (χ3n) is 5.91. The van der Waals surface area contributed by atoms with Crippen LogP contribution in [0.3, 0.4) is 0 Å². The monoisotopic (exact) mass is 433 g/mol. The van der Waals surface area contributed by atoms with E-state index in [9.17, 15) is 9.59 Å². The second-order valence-corrected chi connectivity index (χ2v) is 8.85. The van der Waals surface area contributed by atoms with Gasteiger partial charge in [-0.25, -0.2) is 0 Å². The summed E-state index contributed by atoms with van der Waals surface area (Å²) in [7, 11) is 0. The number of benzene rings is 1. The molecule has 3 heterocycles. The van der Waals surface area contributed by atoms with E-state index in [-0.39, 0.29) is 42.2 Å². The molecule has 5 nitrogen and oxygen atoms in total. The number of halogens is 1. The average Bonchev–Trinajstić information content (AvgIpc) is 3.23. The average molecular weight is 434 g/mol. The molecule has 2 unspecified atom stereocenters. The van der Waals surface area contributed by atoms with E-state index < -0.39 is 0 Å². The van der Waals surface area contributed by atoms with Gasteiger partial charge in [0.1, 0.15) is 0 Å². The minimum Gasteiger partial charge on any atom is -0.342 e. The normalized spacial score (nSPS) is 23.0. The second kappa shape index (κ2) is 9.28. The fourth-order valence-corrected chi connectivity index (χ4v) is 5.18. The van der Waals surface area contributed by atoms with Gasteiger partial charge in [-0.15, -0.1) is 23.7 Å². The van der Waals surface area contributed by atoms with Gasteiger partial charge in [-0.3, -0.25) is 9.59 Å². The van der Waals surface area contributed by atoms with Crippen LogP contribution in [0.4, 0.5) is 5.69 Å². The lowest BCUT2D eigenvalue weighted by atomic mass is 9.85. The van der Waals surface area contributed by atoms with Crippen LogP contribution in [0.25, 0.3) is 0 Å². The highest BCUT2D eigenvalue weighted by Gasteiger charge is 2.43. The summed E-state index contributed by atoms with van der Waals surface area (Å²) < 4.78 is 0. The maximum absolute atomic E-state index is 13.5. The summed E-state index contributed by atoms with van der Waals surface area (Å²) in [6.07, 6.45) is 2.70. The lowest BCUT2D eigenvalue weighted by molar-refractivity contribution is -0.139. The molecular formula is C22H28ClN3O2S. The first-order valence-corrected chi connectivity index (χ1v) is 10.9. The number of carbonyl (C=O) groups is 2. The smallest absolute Gasteiger partial charge is 0.228 e. The lowest BCUT2D eigenvalue weighted by Crippen LogP contribution is -2.51. The quantitative estimate of drug-likeness (QED) is 0.797. The van der Waals surface area contributed by atoms with E-state index in [0.29, 0.717) is 25.9 Å². The van der Waals surface area contributed by atoms with Gasteiger partial charge < -0.3 is 15.5 Å². The Bertz CT molecular complexity index is 832. The van der Waals surface area contributed by atoms with Crippen molar-refractivity contribution in [2.75, 3.05) is 18.0 Å². The number of amides is 2. The third-order valence-corrected chi connectivity index (χ3v) is 6.86.